The van der Waals surface area contributed by atoms with E-state index in [1.165, 1.54) is 0 Å². The summed E-state index contributed by atoms with van der Waals surface area (Å²) in [4.78, 5) is 4.55. The normalized spacial score (nSPS) is 12.4. The third kappa shape index (κ3) is 3.81. The Balaban J connectivity index is 2.09. The van der Waals surface area contributed by atoms with E-state index in [9.17, 15) is 0 Å². The molecule has 0 aliphatic carbocycles. The number of pyridine rings is 1. The minimum atomic E-state index is 0.113. The van der Waals surface area contributed by atoms with Crippen molar-refractivity contribution in [2.24, 2.45) is 12.8 Å². The van der Waals surface area contributed by atoms with Crippen LogP contribution in [0.2, 0.25) is 0 Å². The van der Waals surface area contributed by atoms with Crippen LogP contribution in [0.5, 0.6) is 5.75 Å². The summed E-state index contributed by atoms with van der Waals surface area (Å²) in [5.74, 6) is 0.796. The molecule has 108 valence electrons. The van der Waals surface area contributed by atoms with Crippen LogP contribution < -0.4 is 10.5 Å². The second-order valence-corrected chi connectivity index (χ2v) is 5.04. The van der Waals surface area contributed by atoms with Crippen molar-refractivity contribution in [1.82, 2.24) is 14.8 Å². The van der Waals surface area contributed by atoms with Crippen LogP contribution in [0.4, 0.5) is 0 Å². The summed E-state index contributed by atoms with van der Waals surface area (Å²) >= 11 is 0. The van der Waals surface area contributed by atoms with Crippen molar-refractivity contribution in [1.29, 1.82) is 0 Å². The van der Waals surface area contributed by atoms with Gasteiger partial charge in [-0.15, -0.1) is 0 Å². The molecule has 0 aromatic carbocycles. The molecule has 0 saturated heterocycles. The van der Waals surface area contributed by atoms with Crippen molar-refractivity contribution in [3.63, 3.8) is 0 Å². The molecule has 2 N–H and O–H groups in total. The Kier molecular flexibility index (Phi) is 4.74. The number of nitrogens with two attached hydrogens (primary N) is 1. The molecule has 2 heterocycles. The molecule has 0 fully saturated rings. The van der Waals surface area contributed by atoms with Gasteiger partial charge in [-0.05, 0) is 31.5 Å². The van der Waals surface area contributed by atoms with Crippen molar-refractivity contribution < 1.29 is 4.74 Å². The zero-order valence-electron chi connectivity index (χ0n) is 12.3. The molecule has 20 heavy (non-hydrogen) atoms. The van der Waals surface area contributed by atoms with Crippen LogP contribution in [0, 0.1) is 6.92 Å². The van der Waals surface area contributed by atoms with E-state index >= 15 is 0 Å². The van der Waals surface area contributed by atoms with E-state index in [1.54, 1.807) is 4.68 Å². The van der Waals surface area contributed by atoms with Crippen molar-refractivity contribution in [3.8, 4) is 5.75 Å². The Bertz CT molecular complexity index is 565. The maximum Gasteiger partial charge on any atom is 0.141 e. The van der Waals surface area contributed by atoms with Crippen LogP contribution in [-0.4, -0.2) is 20.8 Å². The molecule has 5 nitrogen and oxygen atoms in total. The highest BCUT2D eigenvalue weighted by Gasteiger charge is 2.10. The predicted molar refractivity (Wildman–Crippen MR) is 78.5 cm³/mol. The molecule has 0 saturated carbocycles. The molecule has 2 aromatic heterocycles. The highest BCUT2D eigenvalue weighted by atomic mass is 16.5. The first-order valence-corrected chi connectivity index (χ1v) is 6.92. The van der Waals surface area contributed by atoms with Crippen LogP contribution in [0.25, 0.3) is 0 Å². The fraction of sp³-hybridized carbons (Fsp3) is 0.467. The summed E-state index contributed by atoms with van der Waals surface area (Å²) in [7, 11) is 1.89. The Hall–Kier alpha value is -1.88. The largest absolute Gasteiger partial charge is 0.485 e. The Morgan fingerprint density at radius 2 is 2.15 bits per heavy atom. The molecule has 0 amide bonds. The highest BCUT2D eigenvalue weighted by Crippen LogP contribution is 2.20. The van der Waals surface area contributed by atoms with Crippen LogP contribution in [-0.2, 0) is 20.1 Å². The maximum absolute atomic E-state index is 6.02. The Morgan fingerprint density at radius 3 is 2.80 bits per heavy atom. The van der Waals surface area contributed by atoms with Gasteiger partial charge in [0.15, 0.2) is 0 Å². The first-order chi connectivity index (χ1) is 9.58. The lowest BCUT2D eigenvalue weighted by Crippen LogP contribution is -2.22. The summed E-state index contributed by atoms with van der Waals surface area (Å²) in [6.45, 7) is 4.50. The van der Waals surface area contributed by atoms with Gasteiger partial charge in [0.2, 0.25) is 0 Å². The summed E-state index contributed by atoms with van der Waals surface area (Å²) in [6.07, 6.45) is 3.56. The van der Waals surface area contributed by atoms with E-state index in [-0.39, 0.29) is 6.04 Å². The molecule has 2 aromatic rings. The molecule has 2 rings (SSSR count). The number of nitrogens with zero attached hydrogens (tertiary/aromatic N) is 3. The summed E-state index contributed by atoms with van der Waals surface area (Å²) in [6, 6.07) is 5.97. The van der Waals surface area contributed by atoms with E-state index in [1.807, 2.05) is 38.4 Å². The van der Waals surface area contributed by atoms with Gasteiger partial charge in [-0.1, -0.05) is 6.92 Å². The third-order valence-electron chi connectivity index (χ3n) is 3.20. The molecule has 1 atom stereocenters. The first-order valence-electron chi connectivity index (χ1n) is 6.92. The van der Waals surface area contributed by atoms with Gasteiger partial charge >= 0.3 is 0 Å². The second kappa shape index (κ2) is 6.52. The molecule has 1 unspecified atom stereocenters. The van der Waals surface area contributed by atoms with Gasteiger partial charge in [-0.3, -0.25) is 9.67 Å². The molecule has 0 bridgehead atoms. The minimum Gasteiger partial charge on any atom is -0.485 e. The summed E-state index contributed by atoms with van der Waals surface area (Å²) in [5.41, 5.74) is 8.83. The lowest BCUT2D eigenvalue weighted by molar-refractivity contribution is 0.294. The summed E-state index contributed by atoms with van der Waals surface area (Å²) in [5, 5.41) is 4.30. The fourth-order valence-electron chi connectivity index (χ4n) is 1.96. The molecule has 0 aliphatic rings. The number of hydrogen-bond acceptors (Lipinski definition) is 4. The van der Waals surface area contributed by atoms with Gasteiger partial charge in [-0.25, -0.2) is 0 Å². The van der Waals surface area contributed by atoms with Gasteiger partial charge < -0.3 is 10.5 Å². The van der Waals surface area contributed by atoms with E-state index in [4.69, 9.17) is 10.5 Å². The van der Waals surface area contributed by atoms with Gasteiger partial charge in [-0.2, -0.15) is 5.10 Å². The van der Waals surface area contributed by atoms with Gasteiger partial charge in [0.05, 0.1) is 11.4 Å². The lowest BCUT2D eigenvalue weighted by atomic mass is 10.1. The van der Waals surface area contributed by atoms with Crippen molar-refractivity contribution >= 4 is 0 Å². The number of rotatable bonds is 6. The average Bonchev–Trinajstić information content (AvgIpc) is 2.83. The quantitative estimate of drug-likeness (QED) is 0.874. The second-order valence-electron chi connectivity index (χ2n) is 5.04. The van der Waals surface area contributed by atoms with Crippen molar-refractivity contribution in [2.45, 2.75) is 39.3 Å². The molecular weight excluding hydrogens is 252 g/mol. The molecule has 5 heteroatoms. The van der Waals surface area contributed by atoms with Gasteiger partial charge in [0, 0.05) is 31.4 Å². The third-order valence-corrected chi connectivity index (χ3v) is 3.20. The van der Waals surface area contributed by atoms with Crippen LogP contribution in [0.3, 0.4) is 0 Å². The summed E-state index contributed by atoms with van der Waals surface area (Å²) < 4.78 is 7.61. The van der Waals surface area contributed by atoms with Gasteiger partial charge in [0.1, 0.15) is 12.4 Å². The predicted octanol–water partition coefficient (Wildman–Crippen LogP) is 1.98. The van der Waals surface area contributed by atoms with Crippen molar-refractivity contribution in [2.75, 3.05) is 0 Å². The lowest BCUT2D eigenvalue weighted by Gasteiger charge is -2.13. The Morgan fingerprint density at radius 1 is 1.35 bits per heavy atom. The number of aromatic nitrogens is 3. The van der Waals surface area contributed by atoms with E-state index in [0.717, 1.165) is 35.7 Å². The minimum absolute atomic E-state index is 0.113. The standard InChI is InChI=1S/C15H22N4O/c1-4-12(16)9-14-15(6-5-11(2)17-14)20-10-13-7-8-19(3)18-13/h5-8,12H,4,9-10,16H2,1-3H3. The molecule has 0 spiro atoms. The zero-order chi connectivity index (χ0) is 14.5. The fourth-order valence-corrected chi connectivity index (χ4v) is 1.96. The van der Waals surface area contributed by atoms with Crippen LogP contribution in [0.1, 0.15) is 30.4 Å². The van der Waals surface area contributed by atoms with Crippen molar-refractivity contribution in [3.05, 3.63) is 41.5 Å². The number of hydrogen-bond donors (Lipinski definition) is 1. The Labute approximate surface area is 119 Å². The van der Waals surface area contributed by atoms with Gasteiger partial charge in [0.25, 0.3) is 0 Å². The van der Waals surface area contributed by atoms with Crippen LogP contribution >= 0.6 is 0 Å². The molecular formula is C15H22N4O. The molecule has 0 radical (unpaired) electrons. The monoisotopic (exact) mass is 274 g/mol. The highest BCUT2D eigenvalue weighted by molar-refractivity contribution is 5.30. The topological polar surface area (TPSA) is 66.0 Å². The maximum atomic E-state index is 6.02. The number of ether oxygens (including phenoxy) is 1. The van der Waals surface area contributed by atoms with E-state index in [2.05, 4.69) is 17.0 Å². The van der Waals surface area contributed by atoms with Crippen LogP contribution in [0.15, 0.2) is 24.4 Å². The smallest absolute Gasteiger partial charge is 0.141 e. The molecule has 0 aliphatic heterocycles. The zero-order valence-corrected chi connectivity index (χ0v) is 12.3. The van der Waals surface area contributed by atoms with E-state index in [0.29, 0.717) is 6.61 Å². The van der Waals surface area contributed by atoms with E-state index < -0.39 is 0 Å². The number of aryl methyl sites for hydroxylation is 2. The SMILES string of the molecule is CCC(N)Cc1nc(C)ccc1OCc1ccn(C)n1. The average molecular weight is 274 g/mol. The first kappa shape index (κ1) is 14.5.